The van der Waals surface area contributed by atoms with Gasteiger partial charge in [-0.3, -0.25) is 4.52 Å². The predicted octanol–water partition coefficient (Wildman–Crippen LogP) is 0.678. The quantitative estimate of drug-likeness (QED) is 0.257. The normalized spacial score (nSPS) is 12.9. The maximum absolute atomic E-state index is 11.1. The van der Waals surface area contributed by atoms with Gasteiger partial charge in [-0.2, -0.15) is 0 Å². The summed E-state index contributed by atoms with van der Waals surface area (Å²) >= 11 is 0. The second kappa shape index (κ2) is 10.9. The van der Waals surface area contributed by atoms with Crippen LogP contribution in [0.15, 0.2) is 12.2 Å². The number of nitrogens with zero attached hydrogens (tertiary/aromatic N) is 1. The van der Waals surface area contributed by atoms with Crippen molar-refractivity contribution in [3.05, 3.63) is 12.2 Å². The van der Waals surface area contributed by atoms with Gasteiger partial charge in [0.25, 0.3) is 0 Å². The molecular formula is C13H29NO7P+. The summed E-state index contributed by atoms with van der Waals surface area (Å²) in [5, 5.41) is 8.39. The summed E-state index contributed by atoms with van der Waals surface area (Å²) in [7, 11) is 1.64. The summed E-state index contributed by atoms with van der Waals surface area (Å²) in [6, 6.07) is 0. The monoisotopic (exact) mass is 342 g/mol. The lowest BCUT2D eigenvalue weighted by Gasteiger charge is -2.21. The maximum atomic E-state index is 11.1. The number of esters is 1. The van der Waals surface area contributed by atoms with E-state index in [1.807, 2.05) is 0 Å². The molecule has 0 radical (unpaired) electrons. The Morgan fingerprint density at radius 3 is 2.05 bits per heavy atom. The fourth-order valence-electron chi connectivity index (χ4n) is 0.967. The van der Waals surface area contributed by atoms with Crippen LogP contribution in [0.25, 0.3) is 0 Å². The van der Waals surface area contributed by atoms with E-state index in [0.717, 1.165) is 11.0 Å². The second-order valence-corrected chi connectivity index (χ2v) is 6.98. The number of phosphoric acid groups is 1. The summed E-state index contributed by atoms with van der Waals surface area (Å²) in [5.41, 5.74) is 0.227. The van der Waals surface area contributed by atoms with E-state index in [9.17, 15) is 9.36 Å². The molecule has 1 unspecified atom stereocenters. The van der Waals surface area contributed by atoms with Gasteiger partial charge in [0.15, 0.2) is 0 Å². The Labute approximate surface area is 132 Å². The molecule has 0 aromatic rings. The Balaban J connectivity index is 0. The van der Waals surface area contributed by atoms with Crippen molar-refractivity contribution in [1.29, 1.82) is 0 Å². The molecule has 0 amide bonds. The van der Waals surface area contributed by atoms with Gasteiger partial charge in [0.05, 0.1) is 34.4 Å². The van der Waals surface area contributed by atoms with Crippen molar-refractivity contribution in [2.24, 2.45) is 0 Å². The van der Waals surface area contributed by atoms with Crippen molar-refractivity contribution >= 4 is 13.8 Å². The number of quaternary nitrogens is 1. The molecule has 9 heteroatoms. The van der Waals surface area contributed by atoms with Crippen LogP contribution in [0, 0.1) is 0 Å². The van der Waals surface area contributed by atoms with Gasteiger partial charge in [0.1, 0.15) is 12.6 Å². The molecule has 8 nitrogen and oxygen atoms in total. The Hall–Kier alpha value is -0.760. The molecule has 0 fully saturated rings. The Kier molecular flexibility index (Phi) is 11.6. The molecule has 0 aliphatic carbocycles. The minimum Gasteiger partial charge on any atom is -0.457 e. The van der Waals surface area contributed by atoms with E-state index < -0.39 is 19.9 Å². The molecular weight excluding hydrogens is 313 g/mol. The molecule has 0 rings (SSSR count). The summed E-state index contributed by atoms with van der Waals surface area (Å²) in [6.45, 7) is 7.36. The van der Waals surface area contributed by atoms with Gasteiger partial charge >= 0.3 is 13.8 Å². The molecule has 0 saturated heterocycles. The minimum absolute atomic E-state index is 0.227. The number of hydrogen-bond acceptors (Lipinski definition) is 5. The van der Waals surface area contributed by atoms with Gasteiger partial charge in [-0.25, -0.2) is 9.36 Å². The van der Waals surface area contributed by atoms with Crippen LogP contribution in [0.4, 0.5) is 0 Å². The van der Waals surface area contributed by atoms with Gasteiger partial charge in [-0.05, 0) is 13.3 Å². The molecule has 3 N–H and O–H groups in total. The first-order valence-electron chi connectivity index (χ1n) is 6.80. The van der Waals surface area contributed by atoms with Crippen LogP contribution < -0.4 is 0 Å². The molecule has 0 bridgehead atoms. The van der Waals surface area contributed by atoms with E-state index in [0.29, 0.717) is 6.42 Å². The molecule has 0 spiro atoms. The highest BCUT2D eigenvalue weighted by atomic mass is 31.2. The van der Waals surface area contributed by atoms with Crippen molar-refractivity contribution in [2.45, 2.75) is 26.4 Å². The molecule has 0 aliphatic heterocycles. The fourth-order valence-corrected chi connectivity index (χ4v) is 1.33. The zero-order valence-corrected chi connectivity index (χ0v) is 14.9. The standard InChI is InChI=1S/C8H15O6P.C5H14NO/c1-4-7(5-13-15(10,11)12)14-8(9)6(2)3;1-6(2,3)4-5-7/h7H,2,4-5H2,1,3H3,(H2,10,11,12);7H,4-5H2,1-3H3/q;+1. The van der Waals surface area contributed by atoms with E-state index in [2.05, 4.69) is 32.2 Å². The predicted molar refractivity (Wildman–Crippen MR) is 83.0 cm³/mol. The molecule has 0 heterocycles. The molecule has 0 aliphatic rings. The van der Waals surface area contributed by atoms with Crippen molar-refractivity contribution < 1.29 is 38.0 Å². The number of ether oxygens (including phenoxy) is 1. The number of phosphoric ester groups is 1. The van der Waals surface area contributed by atoms with Crippen LogP contribution in [0.5, 0.6) is 0 Å². The topological polar surface area (TPSA) is 113 Å². The fraction of sp³-hybridized carbons (Fsp3) is 0.769. The largest absolute Gasteiger partial charge is 0.469 e. The van der Waals surface area contributed by atoms with Gasteiger partial charge in [0.2, 0.25) is 0 Å². The first kappa shape index (κ1) is 23.5. The average molecular weight is 342 g/mol. The number of rotatable bonds is 8. The summed E-state index contributed by atoms with van der Waals surface area (Å²) < 4.78 is 20.3. The third-order valence-corrected chi connectivity index (χ3v) is 2.76. The Morgan fingerprint density at radius 1 is 1.32 bits per heavy atom. The van der Waals surface area contributed by atoms with Gasteiger partial charge in [-0.15, -0.1) is 0 Å². The molecule has 1 atom stereocenters. The number of carbonyl (C=O) groups is 1. The van der Waals surface area contributed by atoms with Crippen LogP contribution >= 0.6 is 7.82 Å². The zero-order valence-electron chi connectivity index (χ0n) is 14.0. The smallest absolute Gasteiger partial charge is 0.457 e. The van der Waals surface area contributed by atoms with Crippen LogP contribution in [0.3, 0.4) is 0 Å². The van der Waals surface area contributed by atoms with Crippen molar-refractivity contribution in [1.82, 2.24) is 0 Å². The lowest BCUT2D eigenvalue weighted by molar-refractivity contribution is -0.870. The number of aliphatic hydroxyl groups is 1. The Morgan fingerprint density at radius 2 is 1.82 bits per heavy atom. The number of hydrogen-bond donors (Lipinski definition) is 3. The van der Waals surface area contributed by atoms with Crippen LogP contribution in [-0.2, 0) is 18.6 Å². The second-order valence-electron chi connectivity index (χ2n) is 5.74. The summed E-state index contributed by atoms with van der Waals surface area (Å²) in [6.07, 6.45) is -0.277. The maximum Gasteiger partial charge on any atom is 0.469 e. The number of likely N-dealkylation sites (N-methyl/N-ethyl adjacent to an activating group) is 1. The SMILES string of the molecule is C=C(C)C(=O)OC(CC)COP(=O)(O)O.C[N+](C)(C)CCO. The van der Waals surface area contributed by atoms with E-state index >= 15 is 0 Å². The third kappa shape index (κ3) is 17.3. The van der Waals surface area contributed by atoms with E-state index in [-0.39, 0.29) is 18.8 Å². The van der Waals surface area contributed by atoms with Crippen molar-refractivity contribution in [2.75, 3.05) is 40.9 Å². The highest BCUT2D eigenvalue weighted by molar-refractivity contribution is 7.46. The van der Waals surface area contributed by atoms with Crippen molar-refractivity contribution in [3.8, 4) is 0 Å². The van der Waals surface area contributed by atoms with E-state index in [1.54, 1.807) is 6.92 Å². The van der Waals surface area contributed by atoms with Crippen molar-refractivity contribution in [3.63, 3.8) is 0 Å². The Bertz CT molecular complexity index is 386. The number of carbonyl (C=O) groups excluding carboxylic acids is 1. The zero-order chi connectivity index (χ0) is 18.0. The van der Waals surface area contributed by atoms with Crippen LogP contribution in [0.1, 0.15) is 20.3 Å². The highest BCUT2D eigenvalue weighted by Crippen LogP contribution is 2.36. The molecule has 22 heavy (non-hydrogen) atoms. The van der Waals surface area contributed by atoms with Gasteiger partial charge < -0.3 is 24.1 Å². The first-order chi connectivity index (χ1) is 9.82. The molecule has 0 aromatic carbocycles. The van der Waals surface area contributed by atoms with Gasteiger partial charge in [0, 0.05) is 5.57 Å². The van der Waals surface area contributed by atoms with Gasteiger partial charge in [-0.1, -0.05) is 13.5 Å². The highest BCUT2D eigenvalue weighted by Gasteiger charge is 2.20. The van der Waals surface area contributed by atoms with E-state index in [4.69, 9.17) is 19.6 Å². The third-order valence-electron chi connectivity index (χ3n) is 2.28. The average Bonchev–Trinajstić information content (AvgIpc) is 2.32. The molecule has 132 valence electrons. The summed E-state index contributed by atoms with van der Waals surface area (Å²) in [4.78, 5) is 27.9. The lowest BCUT2D eigenvalue weighted by atomic mass is 10.3. The minimum atomic E-state index is -4.51. The van der Waals surface area contributed by atoms with Crippen LogP contribution in [-0.4, -0.2) is 72.4 Å². The number of aliphatic hydroxyl groups excluding tert-OH is 1. The van der Waals surface area contributed by atoms with E-state index in [1.165, 1.54) is 6.92 Å². The molecule has 0 aromatic heterocycles. The lowest BCUT2D eigenvalue weighted by Crippen LogP contribution is -2.36. The first-order valence-corrected chi connectivity index (χ1v) is 8.33. The van der Waals surface area contributed by atoms with Crippen LogP contribution in [0.2, 0.25) is 0 Å². The molecule has 0 saturated carbocycles. The summed E-state index contributed by atoms with van der Waals surface area (Å²) in [5.74, 6) is -0.601.